The number of halogens is 1. The third kappa shape index (κ3) is 2.87. The van der Waals surface area contributed by atoms with Crippen molar-refractivity contribution < 1.29 is 9.13 Å². The summed E-state index contributed by atoms with van der Waals surface area (Å²) in [5.41, 5.74) is 0. The molecular weight excluding hydrogens is 235 g/mol. The Bertz CT molecular complexity index is 402. The van der Waals surface area contributed by atoms with Crippen LogP contribution in [0.5, 0.6) is 0 Å². The average Bonchev–Trinajstić information content (AvgIpc) is 2.41. The standard InChI is InChI=1S/C12H19FN4O/c1-3-14-12-15-7-10(13)11(16-12)17-6-4-5-9(8-17)18-2/h7,9H,3-6,8H2,1-2H3,(H,14,15,16). The molecule has 0 aromatic carbocycles. The van der Waals surface area contributed by atoms with Crippen molar-refractivity contribution in [1.29, 1.82) is 0 Å². The highest BCUT2D eigenvalue weighted by Crippen LogP contribution is 2.22. The number of hydrogen-bond donors (Lipinski definition) is 1. The molecule has 0 radical (unpaired) electrons. The SMILES string of the molecule is CCNc1ncc(F)c(N2CCCC(OC)C2)n1. The van der Waals surface area contributed by atoms with Gasteiger partial charge in [0.05, 0.1) is 12.3 Å². The molecule has 0 saturated carbocycles. The van der Waals surface area contributed by atoms with Crippen molar-refractivity contribution in [2.45, 2.75) is 25.9 Å². The number of rotatable bonds is 4. The molecule has 1 unspecified atom stereocenters. The molecule has 0 aliphatic carbocycles. The lowest BCUT2D eigenvalue weighted by Gasteiger charge is -2.32. The summed E-state index contributed by atoms with van der Waals surface area (Å²) < 4.78 is 19.1. The van der Waals surface area contributed by atoms with Crippen molar-refractivity contribution in [1.82, 2.24) is 9.97 Å². The second-order valence-corrected chi connectivity index (χ2v) is 4.34. The molecule has 6 heteroatoms. The van der Waals surface area contributed by atoms with Crippen LogP contribution in [0.1, 0.15) is 19.8 Å². The van der Waals surface area contributed by atoms with E-state index >= 15 is 0 Å². The van der Waals surface area contributed by atoms with Crippen molar-refractivity contribution >= 4 is 11.8 Å². The van der Waals surface area contributed by atoms with E-state index in [1.54, 1.807) is 7.11 Å². The van der Waals surface area contributed by atoms with Crippen LogP contribution in [0.2, 0.25) is 0 Å². The lowest BCUT2D eigenvalue weighted by molar-refractivity contribution is 0.0889. The number of hydrogen-bond acceptors (Lipinski definition) is 5. The van der Waals surface area contributed by atoms with E-state index < -0.39 is 0 Å². The lowest BCUT2D eigenvalue weighted by Crippen LogP contribution is -2.40. The zero-order chi connectivity index (χ0) is 13.0. The van der Waals surface area contributed by atoms with Crippen LogP contribution in [0, 0.1) is 5.82 Å². The number of ether oxygens (including phenoxy) is 1. The Hall–Kier alpha value is -1.43. The normalized spacial score (nSPS) is 19.9. The van der Waals surface area contributed by atoms with Gasteiger partial charge in [-0.05, 0) is 19.8 Å². The molecule has 2 heterocycles. The highest BCUT2D eigenvalue weighted by molar-refractivity contribution is 5.44. The summed E-state index contributed by atoms with van der Waals surface area (Å²) in [6, 6.07) is 0. The summed E-state index contributed by atoms with van der Waals surface area (Å²) in [4.78, 5) is 10.1. The molecular formula is C12H19FN4O. The number of methoxy groups -OCH3 is 1. The second kappa shape index (κ2) is 5.95. The first-order chi connectivity index (χ1) is 8.74. The Morgan fingerprint density at radius 1 is 1.61 bits per heavy atom. The van der Waals surface area contributed by atoms with Crippen LogP contribution in [0.4, 0.5) is 16.2 Å². The fourth-order valence-corrected chi connectivity index (χ4v) is 2.15. The largest absolute Gasteiger partial charge is 0.380 e. The van der Waals surface area contributed by atoms with E-state index in [1.165, 1.54) is 6.20 Å². The minimum Gasteiger partial charge on any atom is -0.380 e. The molecule has 1 saturated heterocycles. The summed E-state index contributed by atoms with van der Waals surface area (Å²) in [5.74, 6) is 0.449. The predicted octanol–water partition coefficient (Wildman–Crippen LogP) is 1.66. The summed E-state index contributed by atoms with van der Waals surface area (Å²) in [7, 11) is 1.69. The quantitative estimate of drug-likeness (QED) is 0.885. The molecule has 1 N–H and O–H groups in total. The van der Waals surface area contributed by atoms with Crippen LogP contribution in [-0.2, 0) is 4.74 Å². The van der Waals surface area contributed by atoms with Gasteiger partial charge in [-0.15, -0.1) is 0 Å². The third-order valence-electron chi connectivity index (χ3n) is 3.07. The summed E-state index contributed by atoms with van der Waals surface area (Å²) in [6.07, 6.45) is 3.37. The van der Waals surface area contributed by atoms with Crippen LogP contribution in [0.15, 0.2) is 6.20 Å². The van der Waals surface area contributed by atoms with Crippen molar-refractivity contribution in [2.75, 3.05) is 37.0 Å². The van der Waals surface area contributed by atoms with Gasteiger partial charge in [0.15, 0.2) is 11.6 Å². The van der Waals surface area contributed by atoms with Gasteiger partial charge in [-0.3, -0.25) is 0 Å². The zero-order valence-electron chi connectivity index (χ0n) is 10.8. The monoisotopic (exact) mass is 254 g/mol. The molecule has 1 fully saturated rings. The van der Waals surface area contributed by atoms with E-state index in [0.717, 1.165) is 19.4 Å². The van der Waals surface area contributed by atoms with Crippen LogP contribution >= 0.6 is 0 Å². The van der Waals surface area contributed by atoms with Gasteiger partial charge in [0.2, 0.25) is 5.95 Å². The minimum absolute atomic E-state index is 0.149. The number of nitrogens with zero attached hydrogens (tertiary/aromatic N) is 3. The van der Waals surface area contributed by atoms with Crippen LogP contribution in [0.25, 0.3) is 0 Å². The van der Waals surface area contributed by atoms with Gasteiger partial charge < -0.3 is 15.0 Å². The number of aromatic nitrogens is 2. The molecule has 1 atom stereocenters. The Kier molecular flexibility index (Phi) is 4.30. The highest BCUT2D eigenvalue weighted by atomic mass is 19.1. The lowest BCUT2D eigenvalue weighted by atomic mass is 10.1. The van der Waals surface area contributed by atoms with E-state index in [4.69, 9.17) is 4.74 Å². The Morgan fingerprint density at radius 2 is 2.44 bits per heavy atom. The summed E-state index contributed by atoms with van der Waals surface area (Å²) >= 11 is 0. The Labute approximate surface area is 106 Å². The molecule has 1 aliphatic heterocycles. The van der Waals surface area contributed by atoms with Crippen molar-refractivity contribution in [2.24, 2.45) is 0 Å². The van der Waals surface area contributed by atoms with E-state index in [0.29, 0.717) is 24.9 Å². The molecule has 0 spiro atoms. The molecule has 1 aromatic heterocycles. The van der Waals surface area contributed by atoms with Crippen LogP contribution in [0.3, 0.4) is 0 Å². The van der Waals surface area contributed by atoms with Gasteiger partial charge in [0, 0.05) is 26.7 Å². The molecule has 0 bridgehead atoms. The van der Waals surface area contributed by atoms with Gasteiger partial charge in [0.1, 0.15) is 0 Å². The van der Waals surface area contributed by atoms with Gasteiger partial charge in [-0.25, -0.2) is 9.37 Å². The number of anilines is 2. The van der Waals surface area contributed by atoms with Crippen LogP contribution in [-0.4, -0.2) is 42.8 Å². The maximum absolute atomic E-state index is 13.8. The first-order valence-electron chi connectivity index (χ1n) is 6.28. The smallest absolute Gasteiger partial charge is 0.224 e. The van der Waals surface area contributed by atoms with Gasteiger partial charge in [0.25, 0.3) is 0 Å². The first kappa shape index (κ1) is 13.0. The van der Waals surface area contributed by atoms with Crippen molar-refractivity contribution in [3.63, 3.8) is 0 Å². The maximum Gasteiger partial charge on any atom is 0.224 e. The fourth-order valence-electron chi connectivity index (χ4n) is 2.15. The highest BCUT2D eigenvalue weighted by Gasteiger charge is 2.23. The predicted molar refractivity (Wildman–Crippen MR) is 68.4 cm³/mol. The molecule has 0 amide bonds. The van der Waals surface area contributed by atoms with E-state index in [9.17, 15) is 4.39 Å². The fraction of sp³-hybridized carbons (Fsp3) is 0.667. The molecule has 2 rings (SSSR count). The third-order valence-corrected chi connectivity index (χ3v) is 3.07. The van der Waals surface area contributed by atoms with Gasteiger partial charge in [-0.2, -0.15) is 4.98 Å². The van der Waals surface area contributed by atoms with Gasteiger partial charge >= 0.3 is 0 Å². The molecule has 1 aliphatic rings. The van der Waals surface area contributed by atoms with Gasteiger partial charge in [-0.1, -0.05) is 0 Å². The Balaban J connectivity index is 2.17. The zero-order valence-corrected chi connectivity index (χ0v) is 10.8. The summed E-state index contributed by atoms with van der Waals surface area (Å²) in [6.45, 7) is 4.15. The van der Waals surface area contributed by atoms with Crippen molar-refractivity contribution in [3.8, 4) is 0 Å². The number of nitrogens with one attached hydrogen (secondary N) is 1. The van der Waals surface area contributed by atoms with Crippen molar-refractivity contribution in [3.05, 3.63) is 12.0 Å². The Morgan fingerprint density at radius 3 is 3.17 bits per heavy atom. The topological polar surface area (TPSA) is 50.3 Å². The second-order valence-electron chi connectivity index (χ2n) is 4.34. The maximum atomic E-state index is 13.8. The van der Waals surface area contributed by atoms with E-state index in [-0.39, 0.29) is 11.9 Å². The van der Waals surface area contributed by atoms with Crippen LogP contribution < -0.4 is 10.2 Å². The molecule has 5 nitrogen and oxygen atoms in total. The molecule has 100 valence electrons. The van der Waals surface area contributed by atoms with E-state index in [2.05, 4.69) is 15.3 Å². The summed E-state index contributed by atoms with van der Waals surface area (Å²) in [5, 5.41) is 2.99. The first-order valence-corrected chi connectivity index (χ1v) is 6.28. The average molecular weight is 254 g/mol. The molecule has 1 aromatic rings. The number of piperidine rings is 1. The van der Waals surface area contributed by atoms with E-state index in [1.807, 2.05) is 11.8 Å². The molecule has 18 heavy (non-hydrogen) atoms. The minimum atomic E-state index is -0.381.